The van der Waals surface area contributed by atoms with Gasteiger partial charge in [0.25, 0.3) is 5.56 Å². The summed E-state index contributed by atoms with van der Waals surface area (Å²) in [6.45, 7) is 8.21. The summed E-state index contributed by atoms with van der Waals surface area (Å²) in [5.74, 6) is 0.218. The molecule has 2 aromatic heterocycles. The average Bonchev–Trinajstić information content (AvgIpc) is 2.93. The second-order valence-electron chi connectivity index (χ2n) is 5.99. The van der Waals surface area contributed by atoms with E-state index >= 15 is 0 Å². The topological polar surface area (TPSA) is 68.1 Å². The van der Waals surface area contributed by atoms with Gasteiger partial charge in [0.15, 0.2) is 0 Å². The Balaban J connectivity index is 2.05. The molecule has 0 spiro atoms. The van der Waals surface area contributed by atoms with Crippen LogP contribution in [0.4, 0.5) is 0 Å². The summed E-state index contributed by atoms with van der Waals surface area (Å²) in [6, 6.07) is 1.50. The SMILES string of the molecule is Cc1cc(=O)n(CC(=O)N(C)Cc2csc(C(C)C)n2)nc1C. The molecule has 124 valence electrons. The number of aromatic nitrogens is 3. The number of hydrogen-bond acceptors (Lipinski definition) is 5. The summed E-state index contributed by atoms with van der Waals surface area (Å²) >= 11 is 1.60. The van der Waals surface area contributed by atoms with Crippen LogP contribution in [0.3, 0.4) is 0 Å². The molecule has 0 atom stereocenters. The molecule has 2 rings (SSSR count). The van der Waals surface area contributed by atoms with Crippen molar-refractivity contribution in [2.24, 2.45) is 0 Å². The molecule has 0 fully saturated rings. The van der Waals surface area contributed by atoms with Gasteiger partial charge in [-0.15, -0.1) is 11.3 Å². The van der Waals surface area contributed by atoms with E-state index in [9.17, 15) is 9.59 Å². The lowest BCUT2D eigenvalue weighted by molar-refractivity contribution is -0.131. The zero-order valence-electron chi connectivity index (χ0n) is 14.2. The highest BCUT2D eigenvalue weighted by molar-refractivity contribution is 7.09. The number of carbonyl (C=O) groups excluding carboxylic acids is 1. The van der Waals surface area contributed by atoms with Gasteiger partial charge in [-0.05, 0) is 19.4 Å². The summed E-state index contributed by atoms with van der Waals surface area (Å²) in [6.07, 6.45) is 0. The van der Waals surface area contributed by atoms with E-state index in [2.05, 4.69) is 23.9 Å². The molecule has 0 aliphatic carbocycles. The van der Waals surface area contributed by atoms with Crippen molar-refractivity contribution in [3.63, 3.8) is 0 Å². The van der Waals surface area contributed by atoms with Crippen LogP contribution in [-0.2, 0) is 17.9 Å². The number of nitrogens with zero attached hydrogens (tertiary/aromatic N) is 4. The first-order valence-electron chi connectivity index (χ1n) is 7.51. The third kappa shape index (κ3) is 4.25. The van der Waals surface area contributed by atoms with Crippen molar-refractivity contribution < 1.29 is 4.79 Å². The fourth-order valence-corrected chi connectivity index (χ4v) is 2.85. The predicted octanol–water partition coefficient (Wildman–Crippen LogP) is 2.10. The Morgan fingerprint density at radius 2 is 2.09 bits per heavy atom. The van der Waals surface area contributed by atoms with Gasteiger partial charge in [0, 0.05) is 24.4 Å². The highest BCUT2D eigenvalue weighted by Crippen LogP contribution is 2.19. The van der Waals surface area contributed by atoms with Gasteiger partial charge < -0.3 is 4.90 Å². The molecule has 7 heteroatoms. The number of likely N-dealkylation sites (N-methyl/N-ethyl adjacent to an activating group) is 1. The molecule has 0 saturated carbocycles. The monoisotopic (exact) mass is 334 g/mol. The Morgan fingerprint density at radius 1 is 1.39 bits per heavy atom. The minimum Gasteiger partial charge on any atom is -0.338 e. The minimum absolute atomic E-state index is 0.0579. The molecule has 0 N–H and O–H groups in total. The van der Waals surface area contributed by atoms with E-state index < -0.39 is 0 Å². The molecule has 0 aliphatic heterocycles. The maximum absolute atomic E-state index is 12.3. The van der Waals surface area contributed by atoms with E-state index in [1.807, 2.05) is 19.2 Å². The molecule has 6 nitrogen and oxygen atoms in total. The zero-order valence-corrected chi connectivity index (χ0v) is 15.0. The van der Waals surface area contributed by atoms with Gasteiger partial charge in [0.2, 0.25) is 5.91 Å². The Hall–Kier alpha value is -2.02. The van der Waals surface area contributed by atoms with Crippen molar-refractivity contribution in [2.45, 2.75) is 46.7 Å². The molecule has 23 heavy (non-hydrogen) atoms. The van der Waals surface area contributed by atoms with Crippen LogP contribution in [0, 0.1) is 13.8 Å². The van der Waals surface area contributed by atoms with Crippen LogP contribution in [0.1, 0.15) is 41.7 Å². The first-order chi connectivity index (χ1) is 10.8. The second kappa shape index (κ2) is 7.04. The number of carbonyl (C=O) groups is 1. The molecule has 0 aliphatic rings. The minimum atomic E-state index is -0.259. The van der Waals surface area contributed by atoms with E-state index in [0.29, 0.717) is 12.5 Å². The number of rotatable bonds is 5. The third-order valence-electron chi connectivity index (χ3n) is 3.61. The fourth-order valence-electron chi connectivity index (χ4n) is 2.03. The Labute approximate surface area is 139 Å². The summed E-state index contributed by atoms with van der Waals surface area (Å²) in [5, 5.41) is 7.21. The van der Waals surface area contributed by atoms with Crippen LogP contribution < -0.4 is 5.56 Å². The maximum Gasteiger partial charge on any atom is 0.267 e. The zero-order chi connectivity index (χ0) is 17.1. The van der Waals surface area contributed by atoms with Crippen LogP contribution in [0.2, 0.25) is 0 Å². The second-order valence-corrected chi connectivity index (χ2v) is 6.88. The van der Waals surface area contributed by atoms with E-state index in [0.717, 1.165) is 22.0 Å². The Morgan fingerprint density at radius 3 is 2.70 bits per heavy atom. The van der Waals surface area contributed by atoms with Gasteiger partial charge in [0.1, 0.15) is 6.54 Å². The van der Waals surface area contributed by atoms with Gasteiger partial charge in [-0.3, -0.25) is 9.59 Å². The summed E-state index contributed by atoms with van der Waals surface area (Å²) in [5.41, 5.74) is 2.19. The predicted molar refractivity (Wildman–Crippen MR) is 90.6 cm³/mol. The van der Waals surface area contributed by atoms with Gasteiger partial charge in [-0.1, -0.05) is 13.8 Å². The van der Waals surface area contributed by atoms with Gasteiger partial charge >= 0.3 is 0 Å². The molecule has 1 amide bonds. The van der Waals surface area contributed by atoms with Crippen molar-refractivity contribution in [3.05, 3.63) is 43.8 Å². The number of hydrogen-bond donors (Lipinski definition) is 0. The molecule has 0 saturated heterocycles. The summed E-state index contributed by atoms with van der Waals surface area (Å²) < 4.78 is 1.21. The molecular formula is C16H22N4O2S. The lowest BCUT2D eigenvalue weighted by atomic mass is 10.2. The van der Waals surface area contributed by atoms with Crippen molar-refractivity contribution in [1.29, 1.82) is 0 Å². The summed E-state index contributed by atoms with van der Waals surface area (Å²) in [7, 11) is 1.71. The average molecular weight is 334 g/mol. The van der Waals surface area contributed by atoms with Crippen LogP contribution in [0.15, 0.2) is 16.2 Å². The van der Waals surface area contributed by atoms with Crippen LogP contribution in [0.25, 0.3) is 0 Å². The molecular weight excluding hydrogens is 312 g/mol. The maximum atomic E-state index is 12.3. The molecule has 0 unspecified atom stereocenters. The van der Waals surface area contributed by atoms with Crippen molar-refractivity contribution in [1.82, 2.24) is 19.7 Å². The van der Waals surface area contributed by atoms with Crippen molar-refractivity contribution in [3.8, 4) is 0 Å². The van der Waals surface area contributed by atoms with E-state index in [1.54, 1.807) is 23.3 Å². The first kappa shape index (κ1) is 17.3. The normalized spacial score (nSPS) is 11.0. The van der Waals surface area contributed by atoms with Crippen LogP contribution in [0.5, 0.6) is 0 Å². The largest absolute Gasteiger partial charge is 0.338 e. The molecule has 2 aromatic rings. The molecule has 0 radical (unpaired) electrons. The lowest BCUT2D eigenvalue weighted by Crippen LogP contribution is -2.35. The Bertz CT molecular complexity index is 764. The van der Waals surface area contributed by atoms with Gasteiger partial charge in [-0.2, -0.15) is 5.10 Å². The van der Waals surface area contributed by atoms with E-state index in [-0.39, 0.29) is 18.0 Å². The molecule has 0 aromatic carbocycles. The van der Waals surface area contributed by atoms with E-state index in [1.165, 1.54) is 10.7 Å². The fraction of sp³-hybridized carbons (Fsp3) is 0.500. The van der Waals surface area contributed by atoms with Crippen LogP contribution in [-0.4, -0.2) is 32.6 Å². The highest BCUT2D eigenvalue weighted by atomic mass is 32.1. The molecule has 2 heterocycles. The van der Waals surface area contributed by atoms with Gasteiger partial charge in [0.05, 0.1) is 22.9 Å². The van der Waals surface area contributed by atoms with Crippen molar-refractivity contribution in [2.75, 3.05) is 7.05 Å². The quantitative estimate of drug-likeness (QED) is 0.840. The number of amides is 1. The van der Waals surface area contributed by atoms with Crippen LogP contribution >= 0.6 is 11.3 Å². The highest BCUT2D eigenvalue weighted by Gasteiger charge is 2.14. The first-order valence-corrected chi connectivity index (χ1v) is 8.39. The summed E-state index contributed by atoms with van der Waals surface area (Å²) in [4.78, 5) is 30.3. The third-order valence-corrected chi connectivity index (χ3v) is 4.80. The Kier molecular flexibility index (Phi) is 5.30. The lowest BCUT2D eigenvalue weighted by Gasteiger charge is -2.16. The molecule has 0 bridgehead atoms. The van der Waals surface area contributed by atoms with Gasteiger partial charge in [-0.25, -0.2) is 9.67 Å². The number of thiazole rings is 1. The van der Waals surface area contributed by atoms with E-state index in [4.69, 9.17) is 0 Å². The standard InChI is InChI=1S/C16H22N4O2S/c1-10(2)16-17-13(9-23-16)7-19(5)15(22)8-20-14(21)6-11(3)12(4)18-20/h6,9-10H,7-8H2,1-5H3. The number of aryl methyl sites for hydroxylation is 2. The smallest absolute Gasteiger partial charge is 0.267 e. The van der Waals surface area contributed by atoms with Crippen molar-refractivity contribution >= 4 is 17.2 Å².